The third kappa shape index (κ3) is 4.89. The molecule has 1 saturated heterocycles. The van der Waals surface area contributed by atoms with E-state index in [0.717, 1.165) is 49.5 Å². The highest BCUT2D eigenvalue weighted by Gasteiger charge is 2.25. The number of carbonyl (C=O) groups excluding carboxylic acids is 1. The molecule has 0 saturated carbocycles. The molecule has 154 valence electrons. The number of piperidine rings is 1. The van der Waals surface area contributed by atoms with Gasteiger partial charge in [0.05, 0.1) is 6.61 Å². The van der Waals surface area contributed by atoms with Crippen LogP contribution in [0.25, 0.3) is 0 Å². The lowest BCUT2D eigenvalue weighted by Gasteiger charge is -2.31. The number of likely N-dealkylation sites (tertiary alicyclic amines) is 1. The third-order valence-electron chi connectivity index (χ3n) is 5.64. The van der Waals surface area contributed by atoms with Crippen molar-refractivity contribution in [2.45, 2.75) is 25.5 Å². The Kier molecular flexibility index (Phi) is 6.32. The summed E-state index contributed by atoms with van der Waals surface area (Å²) in [6, 6.07) is 16.3. The third-order valence-corrected chi connectivity index (χ3v) is 5.64. The fourth-order valence-corrected chi connectivity index (χ4v) is 3.96. The number of carbonyl (C=O) groups is 1. The van der Waals surface area contributed by atoms with Crippen LogP contribution in [0.3, 0.4) is 0 Å². The van der Waals surface area contributed by atoms with Crippen molar-refractivity contribution in [3.63, 3.8) is 0 Å². The van der Waals surface area contributed by atoms with E-state index in [1.807, 2.05) is 24.3 Å². The number of para-hydroxylation sites is 2. The van der Waals surface area contributed by atoms with Crippen molar-refractivity contribution < 1.29 is 19.4 Å². The molecule has 0 unspecified atom stereocenters. The molecule has 0 aromatic heterocycles. The fraction of sp³-hybridized carbons (Fsp3) is 0.435. The van der Waals surface area contributed by atoms with E-state index in [1.54, 1.807) is 0 Å². The summed E-state index contributed by atoms with van der Waals surface area (Å²) in [4.78, 5) is 14.4. The van der Waals surface area contributed by atoms with Crippen molar-refractivity contribution >= 4 is 5.91 Å². The van der Waals surface area contributed by atoms with Gasteiger partial charge in [-0.3, -0.25) is 9.69 Å². The zero-order chi connectivity index (χ0) is 20.1. The van der Waals surface area contributed by atoms with E-state index in [1.165, 1.54) is 5.56 Å². The predicted octanol–water partition coefficient (Wildman–Crippen LogP) is 2.52. The lowest BCUT2D eigenvalue weighted by Crippen LogP contribution is -2.40. The second kappa shape index (κ2) is 9.29. The molecule has 1 amide bonds. The summed E-state index contributed by atoms with van der Waals surface area (Å²) in [7, 11) is 0. The average Bonchev–Trinajstić information content (AvgIpc) is 2.78. The van der Waals surface area contributed by atoms with Gasteiger partial charge < -0.3 is 19.9 Å². The number of aliphatic hydroxyl groups excluding tert-OH is 1. The molecule has 2 aliphatic heterocycles. The molecule has 1 atom stereocenters. The molecule has 2 aromatic rings. The minimum atomic E-state index is -0.0906. The first kappa shape index (κ1) is 19.7. The Morgan fingerprint density at radius 1 is 1.07 bits per heavy atom. The van der Waals surface area contributed by atoms with Crippen molar-refractivity contribution in [3.05, 3.63) is 59.7 Å². The molecular formula is C23H28N2O4. The van der Waals surface area contributed by atoms with Crippen molar-refractivity contribution in [2.75, 3.05) is 32.8 Å². The van der Waals surface area contributed by atoms with E-state index >= 15 is 0 Å². The second-order valence-electron chi connectivity index (χ2n) is 7.67. The Morgan fingerprint density at radius 2 is 1.79 bits per heavy atom. The molecule has 6 heteroatoms. The van der Waals surface area contributed by atoms with Gasteiger partial charge in [-0.2, -0.15) is 0 Å². The molecule has 0 radical (unpaired) electrons. The molecule has 0 bridgehead atoms. The molecule has 2 aromatic carbocycles. The van der Waals surface area contributed by atoms with Crippen LogP contribution in [0.15, 0.2) is 48.5 Å². The predicted molar refractivity (Wildman–Crippen MR) is 110 cm³/mol. The summed E-state index contributed by atoms with van der Waals surface area (Å²) in [5.74, 6) is 1.72. The van der Waals surface area contributed by atoms with Crippen LogP contribution < -0.4 is 14.8 Å². The number of nitrogens with one attached hydrogen (secondary N) is 1. The molecule has 0 aliphatic carbocycles. The fourth-order valence-electron chi connectivity index (χ4n) is 3.96. The Hall–Kier alpha value is -2.57. The quantitative estimate of drug-likeness (QED) is 0.785. The summed E-state index contributed by atoms with van der Waals surface area (Å²) in [6.45, 7) is 3.56. The summed E-state index contributed by atoms with van der Waals surface area (Å²) >= 11 is 0. The van der Waals surface area contributed by atoms with Crippen LogP contribution in [0.2, 0.25) is 0 Å². The number of rotatable bonds is 6. The Bertz CT molecular complexity index is 816. The topological polar surface area (TPSA) is 71.0 Å². The van der Waals surface area contributed by atoms with Gasteiger partial charge in [0.2, 0.25) is 5.91 Å². The minimum Gasteiger partial charge on any atom is -0.485 e. The summed E-state index contributed by atoms with van der Waals surface area (Å²) in [5.41, 5.74) is 2.37. The van der Waals surface area contributed by atoms with Gasteiger partial charge in [0.1, 0.15) is 6.61 Å². The first-order chi connectivity index (χ1) is 14.2. The highest BCUT2D eigenvalue weighted by atomic mass is 16.6. The van der Waals surface area contributed by atoms with Gasteiger partial charge in [-0.05, 0) is 49.2 Å². The van der Waals surface area contributed by atoms with Gasteiger partial charge in [0, 0.05) is 19.0 Å². The van der Waals surface area contributed by atoms with Crippen LogP contribution in [-0.2, 0) is 11.3 Å². The van der Waals surface area contributed by atoms with E-state index in [9.17, 15) is 4.79 Å². The molecule has 2 aliphatic rings. The molecule has 2 heterocycles. The van der Waals surface area contributed by atoms with Gasteiger partial charge in [0.15, 0.2) is 17.6 Å². The average molecular weight is 396 g/mol. The van der Waals surface area contributed by atoms with Gasteiger partial charge >= 0.3 is 0 Å². The lowest BCUT2D eigenvalue weighted by atomic mass is 9.95. The van der Waals surface area contributed by atoms with Crippen LogP contribution in [0.4, 0.5) is 0 Å². The normalized spacial score (nSPS) is 19.7. The molecule has 4 rings (SSSR count). The number of hydrogen-bond acceptors (Lipinski definition) is 5. The first-order valence-corrected chi connectivity index (χ1v) is 10.3. The largest absolute Gasteiger partial charge is 0.485 e. The van der Waals surface area contributed by atoms with E-state index in [2.05, 4.69) is 34.5 Å². The standard InChI is InChI=1S/C23H28N2O4/c26-14-11-24-23(27)19-9-12-25(13-10-19)15-17-5-7-18(8-6-17)22-16-28-20-3-1-2-4-21(20)29-22/h1-8,19,22,26H,9-16H2,(H,24,27)/t22-/m1/s1. The molecular weight excluding hydrogens is 368 g/mol. The Labute approximate surface area is 171 Å². The molecule has 2 N–H and O–H groups in total. The summed E-state index contributed by atoms with van der Waals surface area (Å²) in [5, 5.41) is 11.6. The van der Waals surface area contributed by atoms with Crippen LogP contribution in [0.5, 0.6) is 11.5 Å². The summed E-state index contributed by atoms with van der Waals surface area (Å²) < 4.78 is 11.9. The van der Waals surface area contributed by atoms with Gasteiger partial charge in [-0.25, -0.2) is 0 Å². The Balaban J connectivity index is 1.28. The number of benzene rings is 2. The number of nitrogens with zero attached hydrogens (tertiary/aromatic N) is 1. The molecule has 29 heavy (non-hydrogen) atoms. The highest BCUT2D eigenvalue weighted by molar-refractivity contribution is 5.78. The van der Waals surface area contributed by atoms with Crippen molar-refractivity contribution in [3.8, 4) is 11.5 Å². The number of ether oxygens (including phenoxy) is 2. The van der Waals surface area contributed by atoms with Crippen LogP contribution in [-0.4, -0.2) is 48.8 Å². The number of amides is 1. The highest BCUT2D eigenvalue weighted by Crippen LogP contribution is 2.35. The van der Waals surface area contributed by atoms with Gasteiger partial charge in [-0.1, -0.05) is 36.4 Å². The molecule has 1 fully saturated rings. The van der Waals surface area contributed by atoms with E-state index < -0.39 is 0 Å². The van der Waals surface area contributed by atoms with Crippen molar-refractivity contribution in [1.29, 1.82) is 0 Å². The second-order valence-corrected chi connectivity index (χ2v) is 7.67. The number of fused-ring (bicyclic) bond motifs is 1. The number of hydrogen-bond donors (Lipinski definition) is 2. The van der Waals surface area contributed by atoms with Crippen LogP contribution in [0, 0.1) is 5.92 Å². The Morgan fingerprint density at radius 3 is 2.52 bits per heavy atom. The minimum absolute atomic E-state index is 0.00882. The SMILES string of the molecule is O=C(NCCO)C1CCN(Cc2ccc([C@H]3COc4ccccc4O3)cc2)CC1. The number of aliphatic hydroxyl groups is 1. The summed E-state index contributed by atoms with van der Waals surface area (Å²) in [6.07, 6.45) is 1.64. The smallest absolute Gasteiger partial charge is 0.223 e. The maximum atomic E-state index is 12.0. The van der Waals surface area contributed by atoms with E-state index in [0.29, 0.717) is 13.2 Å². The van der Waals surface area contributed by atoms with Crippen LogP contribution >= 0.6 is 0 Å². The van der Waals surface area contributed by atoms with Crippen molar-refractivity contribution in [1.82, 2.24) is 10.2 Å². The first-order valence-electron chi connectivity index (χ1n) is 10.3. The van der Waals surface area contributed by atoms with E-state index in [-0.39, 0.29) is 24.5 Å². The monoisotopic (exact) mass is 396 g/mol. The zero-order valence-electron chi connectivity index (χ0n) is 16.5. The molecule has 0 spiro atoms. The maximum Gasteiger partial charge on any atom is 0.223 e. The van der Waals surface area contributed by atoms with Crippen molar-refractivity contribution in [2.24, 2.45) is 5.92 Å². The zero-order valence-corrected chi connectivity index (χ0v) is 16.5. The lowest BCUT2D eigenvalue weighted by molar-refractivity contribution is -0.126. The van der Waals surface area contributed by atoms with Crippen LogP contribution in [0.1, 0.15) is 30.1 Å². The van der Waals surface area contributed by atoms with E-state index in [4.69, 9.17) is 14.6 Å². The van der Waals surface area contributed by atoms with Gasteiger partial charge in [-0.15, -0.1) is 0 Å². The van der Waals surface area contributed by atoms with Gasteiger partial charge in [0.25, 0.3) is 0 Å². The maximum absolute atomic E-state index is 12.0. The molecule has 6 nitrogen and oxygen atoms in total.